The fourth-order valence-corrected chi connectivity index (χ4v) is 4.21. The fourth-order valence-electron chi connectivity index (χ4n) is 3.04. The Balaban J connectivity index is 1.79. The lowest BCUT2D eigenvalue weighted by Gasteiger charge is -2.19. The number of nitrogens with zero attached hydrogens (tertiary/aromatic N) is 3. The van der Waals surface area contributed by atoms with E-state index in [2.05, 4.69) is 20.6 Å². The number of rotatable bonds is 7. The zero-order valence-electron chi connectivity index (χ0n) is 15.4. The molecule has 0 amide bonds. The molecule has 1 aliphatic rings. The Morgan fingerprint density at radius 2 is 2.11 bits per heavy atom. The topological polar surface area (TPSA) is 87.2 Å². The molecular formula is C18H24FN5O2S. The summed E-state index contributed by atoms with van der Waals surface area (Å²) in [6.07, 6.45) is 2.01. The van der Waals surface area contributed by atoms with Gasteiger partial charge in [-0.15, -0.1) is 0 Å². The van der Waals surface area contributed by atoms with Gasteiger partial charge in [0.15, 0.2) is 0 Å². The lowest BCUT2D eigenvalue weighted by Crippen LogP contribution is -2.29. The second-order valence-electron chi connectivity index (χ2n) is 6.61. The second kappa shape index (κ2) is 8.28. The Morgan fingerprint density at radius 3 is 2.78 bits per heavy atom. The summed E-state index contributed by atoms with van der Waals surface area (Å²) in [6, 6.07) is 7.71. The third-order valence-electron chi connectivity index (χ3n) is 4.58. The quantitative estimate of drug-likeness (QED) is 0.749. The average molecular weight is 393 g/mol. The van der Waals surface area contributed by atoms with Crippen LogP contribution in [0, 0.1) is 5.82 Å². The third-order valence-corrected chi connectivity index (χ3v) is 6.33. The molecule has 7 nitrogen and oxygen atoms in total. The first kappa shape index (κ1) is 19.7. The number of anilines is 1. The van der Waals surface area contributed by atoms with Crippen molar-refractivity contribution in [3.8, 4) is 0 Å². The van der Waals surface area contributed by atoms with Crippen LogP contribution >= 0.6 is 0 Å². The zero-order valence-corrected chi connectivity index (χ0v) is 16.3. The minimum Gasteiger partial charge on any atom is -0.373 e. The van der Waals surface area contributed by atoms with E-state index >= 15 is 0 Å². The van der Waals surface area contributed by atoms with Gasteiger partial charge in [-0.1, -0.05) is 18.2 Å². The van der Waals surface area contributed by atoms with Crippen molar-refractivity contribution in [2.75, 3.05) is 26.0 Å². The van der Waals surface area contributed by atoms with Crippen LogP contribution in [0.4, 0.5) is 10.2 Å². The van der Waals surface area contributed by atoms with Crippen molar-refractivity contribution in [3.05, 3.63) is 53.2 Å². The molecule has 0 saturated carbocycles. The first-order valence-electron chi connectivity index (χ1n) is 8.85. The van der Waals surface area contributed by atoms with Crippen LogP contribution in [0.25, 0.3) is 0 Å². The Morgan fingerprint density at radius 1 is 1.33 bits per heavy atom. The molecule has 2 aromatic rings. The highest BCUT2D eigenvalue weighted by Crippen LogP contribution is 2.22. The van der Waals surface area contributed by atoms with Crippen molar-refractivity contribution in [2.45, 2.75) is 31.2 Å². The summed E-state index contributed by atoms with van der Waals surface area (Å²) in [7, 11) is -0.451. The molecule has 1 fully saturated rings. The number of hydrogen-bond acceptors (Lipinski definition) is 6. The van der Waals surface area contributed by atoms with Crippen LogP contribution in [0.3, 0.4) is 0 Å². The largest absolute Gasteiger partial charge is 0.373 e. The molecule has 1 aromatic carbocycles. The van der Waals surface area contributed by atoms with Gasteiger partial charge in [-0.2, -0.15) is 4.31 Å². The van der Waals surface area contributed by atoms with E-state index < -0.39 is 21.6 Å². The molecule has 1 atom stereocenters. The summed E-state index contributed by atoms with van der Waals surface area (Å²) in [6.45, 7) is 1.01. The van der Waals surface area contributed by atoms with Gasteiger partial charge in [0, 0.05) is 25.7 Å². The van der Waals surface area contributed by atoms with Gasteiger partial charge in [-0.25, -0.2) is 22.8 Å². The van der Waals surface area contributed by atoms with Gasteiger partial charge >= 0.3 is 0 Å². The number of sulfonamides is 1. The van der Waals surface area contributed by atoms with Gasteiger partial charge in [0.2, 0.25) is 10.0 Å². The molecule has 27 heavy (non-hydrogen) atoms. The summed E-state index contributed by atoms with van der Waals surface area (Å²) in [5.74, 6) is 0.387. The molecule has 1 aliphatic heterocycles. The highest BCUT2D eigenvalue weighted by Gasteiger charge is 2.23. The average Bonchev–Trinajstić information content (AvgIpc) is 3.18. The Bertz CT molecular complexity index is 900. The van der Waals surface area contributed by atoms with Gasteiger partial charge in [-0.05, 0) is 25.5 Å². The normalized spacial score (nSPS) is 17.4. The number of nitrogens with one attached hydrogen (secondary N) is 2. The monoisotopic (exact) mass is 393 g/mol. The standard InChI is InChI=1S/C18H24FN5O2S/c1-20-17-10-14(22-18(23-17)16-8-5-9-21-16)11-24(2)27(25,26)12-13-6-3-4-7-15(13)19/h3-4,6-7,10,16,21H,5,8-9,11-12H2,1-2H3,(H,20,22,23). The van der Waals surface area contributed by atoms with Crippen LogP contribution in [0.5, 0.6) is 0 Å². The maximum absolute atomic E-state index is 13.8. The molecule has 0 bridgehead atoms. The van der Waals surface area contributed by atoms with Crippen LogP contribution < -0.4 is 10.6 Å². The van der Waals surface area contributed by atoms with E-state index in [9.17, 15) is 12.8 Å². The van der Waals surface area contributed by atoms with Crippen molar-refractivity contribution >= 4 is 15.8 Å². The lowest BCUT2D eigenvalue weighted by molar-refractivity contribution is 0.457. The van der Waals surface area contributed by atoms with Gasteiger partial charge in [0.25, 0.3) is 0 Å². The molecule has 1 unspecified atom stereocenters. The minimum absolute atomic E-state index is 0.0809. The predicted molar refractivity (Wildman–Crippen MR) is 102 cm³/mol. The summed E-state index contributed by atoms with van der Waals surface area (Å²) >= 11 is 0. The zero-order chi connectivity index (χ0) is 19.4. The Hall–Kier alpha value is -2.10. The molecule has 0 aliphatic carbocycles. The van der Waals surface area contributed by atoms with E-state index in [0.29, 0.717) is 17.3 Å². The van der Waals surface area contributed by atoms with Gasteiger partial charge in [0.05, 0.1) is 24.0 Å². The first-order valence-corrected chi connectivity index (χ1v) is 10.5. The SMILES string of the molecule is CNc1cc(CN(C)S(=O)(=O)Cc2ccccc2F)nc(C2CCCN2)n1. The van der Waals surface area contributed by atoms with Gasteiger partial charge in [-0.3, -0.25) is 0 Å². The van der Waals surface area contributed by atoms with Crippen LogP contribution in [0.15, 0.2) is 30.3 Å². The van der Waals surface area contributed by atoms with E-state index in [1.165, 1.54) is 29.6 Å². The van der Waals surface area contributed by atoms with E-state index in [-0.39, 0.29) is 18.2 Å². The highest BCUT2D eigenvalue weighted by molar-refractivity contribution is 7.88. The molecule has 9 heteroatoms. The number of hydrogen-bond donors (Lipinski definition) is 2. The second-order valence-corrected chi connectivity index (χ2v) is 8.68. The molecule has 146 valence electrons. The van der Waals surface area contributed by atoms with E-state index in [1.807, 2.05) is 0 Å². The smallest absolute Gasteiger partial charge is 0.218 e. The third kappa shape index (κ3) is 4.79. The Kier molecular flexibility index (Phi) is 6.03. The van der Waals surface area contributed by atoms with Gasteiger partial charge in [0.1, 0.15) is 17.5 Å². The molecule has 2 heterocycles. The summed E-state index contributed by atoms with van der Waals surface area (Å²) in [5, 5.41) is 6.34. The maximum Gasteiger partial charge on any atom is 0.218 e. The molecule has 1 aromatic heterocycles. The van der Waals surface area contributed by atoms with Crippen LogP contribution in [0.2, 0.25) is 0 Å². The molecule has 0 spiro atoms. The Labute approximate surface area is 159 Å². The van der Waals surface area contributed by atoms with Gasteiger partial charge < -0.3 is 10.6 Å². The van der Waals surface area contributed by atoms with E-state index in [4.69, 9.17) is 0 Å². The predicted octanol–water partition coefficient (Wildman–Crippen LogP) is 2.04. The molecule has 2 N–H and O–H groups in total. The fraction of sp³-hybridized carbons (Fsp3) is 0.444. The number of benzene rings is 1. The molecule has 1 saturated heterocycles. The van der Waals surface area contributed by atoms with Crippen molar-refractivity contribution in [1.82, 2.24) is 19.6 Å². The van der Waals surface area contributed by atoms with E-state index in [1.54, 1.807) is 19.2 Å². The lowest BCUT2D eigenvalue weighted by atomic mass is 10.2. The van der Waals surface area contributed by atoms with Crippen LogP contribution in [-0.2, 0) is 22.3 Å². The van der Waals surface area contributed by atoms with E-state index in [0.717, 1.165) is 19.4 Å². The number of aromatic nitrogens is 2. The molecule has 0 radical (unpaired) electrons. The maximum atomic E-state index is 13.8. The van der Waals surface area contributed by atoms with Crippen LogP contribution in [0.1, 0.15) is 36.0 Å². The molecule has 3 rings (SSSR count). The number of halogens is 1. The first-order chi connectivity index (χ1) is 12.9. The molecular weight excluding hydrogens is 369 g/mol. The van der Waals surface area contributed by atoms with Crippen molar-refractivity contribution < 1.29 is 12.8 Å². The van der Waals surface area contributed by atoms with Crippen molar-refractivity contribution in [2.24, 2.45) is 0 Å². The minimum atomic E-state index is -3.69. The summed E-state index contributed by atoms with van der Waals surface area (Å²) < 4.78 is 40.3. The summed E-state index contributed by atoms with van der Waals surface area (Å²) in [5.41, 5.74) is 0.747. The van der Waals surface area contributed by atoms with Crippen LogP contribution in [-0.4, -0.2) is 43.3 Å². The highest BCUT2D eigenvalue weighted by atomic mass is 32.2. The van der Waals surface area contributed by atoms with Crippen molar-refractivity contribution in [3.63, 3.8) is 0 Å². The summed E-state index contributed by atoms with van der Waals surface area (Å²) in [4.78, 5) is 9.03. The van der Waals surface area contributed by atoms with Crippen molar-refractivity contribution in [1.29, 1.82) is 0 Å².